The first-order valence-corrected chi connectivity index (χ1v) is 7.71. The highest BCUT2D eigenvalue weighted by Crippen LogP contribution is 2.24. The Morgan fingerprint density at radius 2 is 2.16 bits per heavy atom. The Hall–Kier alpha value is -0.800. The summed E-state index contributed by atoms with van der Waals surface area (Å²) in [7, 11) is 0. The monoisotopic (exact) mass is 296 g/mol. The van der Waals surface area contributed by atoms with Gasteiger partial charge in [0.2, 0.25) is 0 Å². The number of benzene rings is 1. The largest absolute Gasteiger partial charge is 0.346 e. The molecule has 1 saturated heterocycles. The summed E-state index contributed by atoms with van der Waals surface area (Å²) in [4.78, 5) is 2.31. The number of rotatable bonds is 1. The van der Waals surface area contributed by atoms with Crippen molar-refractivity contribution in [3.05, 3.63) is 28.8 Å². The number of thiocarbonyl (C=S) groups is 1. The van der Waals surface area contributed by atoms with Gasteiger partial charge in [0, 0.05) is 23.3 Å². The van der Waals surface area contributed by atoms with E-state index in [2.05, 4.69) is 17.1 Å². The van der Waals surface area contributed by atoms with E-state index in [9.17, 15) is 0 Å². The Morgan fingerprint density at radius 3 is 2.95 bits per heavy atom. The second kappa shape index (κ2) is 6.58. The number of hydrogen-bond donors (Lipinski definition) is 1. The lowest BCUT2D eigenvalue weighted by atomic mass is 10.1. The third-order valence-electron chi connectivity index (χ3n) is 3.82. The molecule has 1 fully saturated rings. The molecule has 4 heteroatoms. The zero-order chi connectivity index (χ0) is 13.8. The number of nitrogens with one attached hydrogen (secondary N) is 1. The second-order valence-corrected chi connectivity index (χ2v) is 6.03. The fraction of sp³-hybridized carbons (Fsp3) is 0.533. The highest BCUT2D eigenvalue weighted by atomic mass is 35.5. The van der Waals surface area contributed by atoms with Crippen LogP contribution >= 0.6 is 23.8 Å². The maximum atomic E-state index is 6.14. The van der Waals surface area contributed by atoms with E-state index in [4.69, 9.17) is 23.8 Å². The van der Waals surface area contributed by atoms with Crippen LogP contribution in [0, 0.1) is 6.92 Å². The lowest BCUT2D eigenvalue weighted by molar-refractivity contribution is 0.341. The third-order valence-corrected chi connectivity index (χ3v) is 4.57. The van der Waals surface area contributed by atoms with Crippen LogP contribution in [0.25, 0.3) is 0 Å². The number of likely N-dealkylation sites (tertiary alicyclic amines) is 1. The number of hydrogen-bond acceptors (Lipinski definition) is 1. The summed E-state index contributed by atoms with van der Waals surface area (Å²) in [6, 6.07) is 6.39. The first-order chi connectivity index (χ1) is 9.09. The van der Waals surface area contributed by atoms with E-state index < -0.39 is 0 Å². The summed E-state index contributed by atoms with van der Waals surface area (Å²) in [6.45, 7) is 5.32. The van der Waals surface area contributed by atoms with Crippen LogP contribution in [-0.4, -0.2) is 22.6 Å². The third kappa shape index (κ3) is 3.61. The normalized spacial score (nSPS) is 19.9. The van der Waals surface area contributed by atoms with Crippen LogP contribution in [0.2, 0.25) is 5.02 Å². The smallest absolute Gasteiger partial charge is 0.173 e. The van der Waals surface area contributed by atoms with Crippen molar-refractivity contribution < 1.29 is 0 Å². The quantitative estimate of drug-likeness (QED) is 0.762. The van der Waals surface area contributed by atoms with E-state index >= 15 is 0 Å². The van der Waals surface area contributed by atoms with Gasteiger partial charge in [-0.2, -0.15) is 0 Å². The Bertz CT molecular complexity index is 461. The van der Waals surface area contributed by atoms with Crippen LogP contribution in [0.3, 0.4) is 0 Å². The van der Waals surface area contributed by atoms with Gasteiger partial charge in [0.25, 0.3) is 0 Å². The van der Waals surface area contributed by atoms with Crippen molar-refractivity contribution in [2.45, 2.75) is 45.6 Å². The van der Waals surface area contributed by atoms with Crippen LogP contribution in [-0.2, 0) is 0 Å². The van der Waals surface area contributed by atoms with Crippen molar-refractivity contribution in [3.8, 4) is 0 Å². The summed E-state index contributed by atoms with van der Waals surface area (Å²) in [5, 5.41) is 4.95. The summed E-state index contributed by atoms with van der Waals surface area (Å²) >= 11 is 11.7. The fourth-order valence-electron chi connectivity index (χ4n) is 2.51. The maximum absolute atomic E-state index is 6.14. The average Bonchev–Trinajstić information content (AvgIpc) is 2.59. The molecular formula is C15H21ClN2S. The van der Waals surface area contributed by atoms with Crippen molar-refractivity contribution >= 4 is 34.6 Å². The highest BCUT2D eigenvalue weighted by molar-refractivity contribution is 7.80. The minimum atomic E-state index is 0.516. The molecule has 1 heterocycles. The lowest BCUT2D eigenvalue weighted by Gasteiger charge is -2.30. The topological polar surface area (TPSA) is 15.3 Å². The molecule has 19 heavy (non-hydrogen) atoms. The van der Waals surface area contributed by atoms with Crippen molar-refractivity contribution in [2.24, 2.45) is 0 Å². The van der Waals surface area contributed by atoms with E-state index in [1.807, 2.05) is 25.1 Å². The summed E-state index contributed by atoms with van der Waals surface area (Å²) in [5.74, 6) is 0. The molecule has 104 valence electrons. The van der Waals surface area contributed by atoms with Crippen molar-refractivity contribution in [1.29, 1.82) is 0 Å². The molecule has 1 N–H and O–H groups in total. The summed E-state index contributed by atoms with van der Waals surface area (Å²) < 4.78 is 0. The first kappa shape index (κ1) is 14.6. The second-order valence-electron chi connectivity index (χ2n) is 5.23. The van der Waals surface area contributed by atoms with E-state index in [-0.39, 0.29) is 0 Å². The van der Waals surface area contributed by atoms with E-state index in [1.165, 1.54) is 25.7 Å². The van der Waals surface area contributed by atoms with Gasteiger partial charge in [-0.3, -0.25) is 0 Å². The molecule has 0 amide bonds. The lowest BCUT2D eigenvalue weighted by Crippen LogP contribution is -2.41. The minimum absolute atomic E-state index is 0.516. The molecule has 0 bridgehead atoms. The van der Waals surface area contributed by atoms with E-state index in [0.717, 1.165) is 27.9 Å². The van der Waals surface area contributed by atoms with Gasteiger partial charge in [0.05, 0.1) is 0 Å². The van der Waals surface area contributed by atoms with E-state index in [0.29, 0.717) is 6.04 Å². The van der Waals surface area contributed by atoms with Gasteiger partial charge in [-0.15, -0.1) is 0 Å². The molecule has 0 aliphatic carbocycles. The van der Waals surface area contributed by atoms with Crippen molar-refractivity contribution in [3.63, 3.8) is 0 Å². The molecule has 0 saturated carbocycles. The molecule has 0 aromatic heterocycles. The van der Waals surface area contributed by atoms with Gasteiger partial charge >= 0.3 is 0 Å². The van der Waals surface area contributed by atoms with Crippen molar-refractivity contribution in [2.75, 3.05) is 11.9 Å². The van der Waals surface area contributed by atoms with Crippen LogP contribution in [0.5, 0.6) is 0 Å². The van der Waals surface area contributed by atoms with Gasteiger partial charge in [0.1, 0.15) is 0 Å². The molecule has 2 rings (SSSR count). The van der Waals surface area contributed by atoms with Gasteiger partial charge < -0.3 is 10.2 Å². The van der Waals surface area contributed by atoms with Crippen LogP contribution in [0.1, 0.15) is 38.2 Å². The predicted octanol–water partition coefficient (Wildman–Crippen LogP) is 4.61. The molecule has 0 radical (unpaired) electrons. The maximum Gasteiger partial charge on any atom is 0.173 e. The summed E-state index contributed by atoms with van der Waals surface area (Å²) in [6.07, 6.45) is 5.05. The minimum Gasteiger partial charge on any atom is -0.346 e. The Kier molecular flexibility index (Phi) is 5.06. The molecule has 1 aromatic rings. The van der Waals surface area contributed by atoms with Crippen LogP contribution in [0.15, 0.2) is 18.2 Å². The van der Waals surface area contributed by atoms with Gasteiger partial charge in [-0.25, -0.2) is 0 Å². The van der Waals surface area contributed by atoms with Crippen LogP contribution < -0.4 is 5.32 Å². The molecule has 0 spiro atoms. The molecule has 1 aliphatic heterocycles. The Morgan fingerprint density at radius 1 is 1.37 bits per heavy atom. The Balaban J connectivity index is 2.09. The molecule has 1 aromatic carbocycles. The SMILES string of the molecule is Cc1c(Cl)cccc1NC(=S)N1CCCCCC1C. The molecule has 1 aliphatic rings. The Labute approximate surface area is 126 Å². The van der Waals surface area contributed by atoms with Gasteiger partial charge in [-0.05, 0) is 56.6 Å². The first-order valence-electron chi connectivity index (χ1n) is 6.92. The van der Waals surface area contributed by atoms with Gasteiger partial charge in [0.15, 0.2) is 5.11 Å². The number of nitrogens with zero attached hydrogens (tertiary/aromatic N) is 1. The molecule has 2 nitrogen and oxygen atoms in total. The van der Waals surface area contributed by atoms with E-state index in [1.54, 1.807) is 0 Å². The standard InChI is InChI=1S/C15H21ClN2S/c1-11-7-4-3-5-10-18(11)15(19)17-14-9-6-8-13(16)12(14)2/h6,8-9,11H,3-5,7,10H2,1-2H3,(H,17,19). The zero-order valence-corrected chi connectivity index (χ0v) is 13.2. The van der Waals surface area contributed by atoms with Gasteiger partial charge in [-0.1, -0.05) is 30.5 Å². The van der Waals surface area contributed by atoms with Crippen molar-refractivity contribution in [1.82, 2.24) is 4.90 Å². The highest BCUT2D eigenvalue weighted by Gasteiger charge is 2.19. The molecule has 1 unspecified atom stereocenters. The summed E-state index contributed by atoms with van der Waals surface area (Å²) in [5.41, 5.74) is 2.06. The number of anilines is 1. The predicted molar refractivity (Wildman–Crippen MR) is 87.0 cm³/mol. The zero-order valence-electron chi connectivity index (χ0n) is 11.6. The van der Waals surface area contributed by atoms with Crippen LogP contribution in [0.4, 0.5) is 5.69 Å². The fourth-order valence-corrected chi connectivity index (χ4v) is 3.06. The molecular weight excluding hydrogens is 276 g/mol. The number of halogens is 1. The average molecular weight is 297 g/mol. The molecule has 1 atom stereocenters.